The van der Waals surface area contributed by atoms with Crippen molar-refractivity contribution in [3.63, 3.8) is 0 Å². The number of nitrogens with one attached hydrogen (secondary N) is 1. The quantitative estimate of drug-likeness (QED) is 0.811. The minimum absolute atomic E-state index is 0.193. The number of aryl methyl sites for hydroxylation is 1. The molecule has 1 fully saturated rings. The van der Waals surface area contributed by atoms with Crippen molar-refractivity contribution in [2.45, 2.75) is 38.8 Å². The van der Waals surface area contributed by atoms with Crippen LogP contribution in [0.5, 0.6) is 5.75 Å². The summed E-state index contributed by atoms with van der Waals surface area (Å²) in [6.07, 6.45) is 2.70. The van der Waals surface area contributed by atoms with E-state index in [2.05, 4.69) is 24.2 Å². The van der Waals surface area contributed by atoms with Crippen molar-refractivity contribution in [2.24, 2.45) is 0 Å². The topological polar surface area (TPSA) is 35.5 Å². The van der Waals surface area contributed by atoms with Crippen LogP contribution in [0.2, 0.25) is 0 Å². The third-order valence-corrected chi connectivity index (χ3v) is 3.74. The van der Waals surface area contributed by atoms with Gasteiger partial charge in [-0.05, 0) is 45.4 Å². The molecule has 1 unspecified atom stereocenters. The molecule has 100 valence electrons. The number of phenols is 1. The highest BCUT2D eigenvalue weighted by Crippen LogP contribution is 2.26. The number of benzene rings is 1. The largest absolute Gasteiger partial charge is 0.508 e. The number of hydrogen-bond donors (Lipinski definition) is 2. The lowest BCUT2D eigenvalue weighted by molar-refractivity contribution is 0.315. The van der Waals surface area contributed by atoms with Gasteiger partial charge < -0.3 is 15.3 Å². The molecule has 1 atom stereocenters. The zero-order valence-electron chi connectivity index (χ0n) is 11.6. The van der Waals surface area contributed by atoms with Crippen molar-refractivity contribution in [1.82, 2.24) is 10.2 Å². The summed E-state index contributed by atoms with van der Waals surface area (Å²) in [4.78, 5) is 2.41. The van der Waals surface area contributed by atoms with Crippen molar-refractivity contribution in [3.8, 4) is 5.75 Å². The first kappa shape index (κ1) is 13.4. The molecule has 1 aromatic carbocycles. The molecule has 3 heteroatoms. The van der Waals surface area contributed by atoms with E-state index in [0.29, 0.717) is 5.75 Å². The van der Waals surface area contributed by atoms with Crippen LogP contribution in [-0.2, 0) is 0 Å². The van der Waals surface area contributed by atoms with Gasteiger partial charge in [0.15, 0.2) is 0 Å². The zero-order chi connectivity index (χ0) is 13.1. The maximum absolute atomic E-state index is 9.92. The van der Waals surface area contributed by atoms with E-state index in [9.17, 15) is 5.11 Å². The highest BCUT2D eigenvalue weighted by molar-refractivity contribution is 5.37. The van der Waals surface area contributed by atoms with Gasteiger partial charge in [0.05, 0.1) is 0 Å². The van der Waals surface area contributed by atoms with E-state index in [1.807, 2.05) is 25.1 Å². The zero-order valence-corrected chi connectivity index (χ0v) is 11.6. The highest BCUT2D eigenvalue weighted by Gasteiger charge is 2.25. The third kappa shape index (κ3) is 3.47. The molecule has 0 amide bonds. The van der Waals surface area contributed by atoms with Crippen LogP contribution in [0.25, 0.3) is 0 Å². The Bertz CT molecular complexity index is 401. The molecule has 0 saturated heterocycles. The van der Waals surface area contributed by atoms with Gasteiger partial charge in [-0.15, -0.1) is 0 Å². The van der Waals surface area contributed by atoms with Crippen LogP contribution in [0.3, 0.4) is 0 Å². The molecule has 2 N–H and O–H groups in total. The summed E-state index contributed by atoms with van der Waals surface area (Å²) < 4.78 is 0. The molecule has 1 aliphatic rings. The predicted molar refractivity (Wildman–Crippen MR) is 74.9 cm³/mol. The SMILES string of the molecule is Cc1ccc(C(C)NCCN(C)C2CC2)c(O)c1. The summed E-state index contributed by atoms with van der Waals surface area (Å²) in [7, 11) is 2.19. The minimum Gasteiger partial charge on any atom is -0.508 e. The summed E-state index contributed by atoms with van der Waals surface area (Å²) in [5.74, 6) is 0.394. The molecule has 1 saturated carbocycles. The number of nitrogens with zero attached hydrogens (tertiary/aromatic N) is 1. The van der Waals surface area contributed by atoms with Crippen LogP contribution in [0.15, 0.2) is 18.2 Å². The van der Waals surface area contributed by atoms with Crippen molar-refractivity contribution < 1.29 is 5.11 Å². The fourth-order valence-corrected chi connectivity index (χ4v) is 2.29. The molecule has 0 aromatic heterocycles. The monoisotopic (exact) mass is 248 g/mol. The molecule has 18 heavy (non-hydrogen) atoms. The molecule has 0 aliphatic heterocycles. The summed E-state index contributed by atoms with van der Waals surface area (Å²) in [6.45, 7) is 6.12. The van der Waals surface area contributed by atoms with Gasteiger partial charge in [0.25, 0.3) is 0 Å². The molecule has 0 radical (unpaired) electrons. The van der Waals surface area contributed by atoms with E-state index in [0.717, 1.165) is 30.3 Å². The van der Waals surface area contributed by atoms with Crippen molar-refractivity contribution in [1.29, 1.82) is 0 Å². The van der Waals surface area contributed by atoms with Gasteiger partial charge in [0, 0.05) is 30.7 Å². The van der Waals surface area contributed by atoms with Crippen LogP contribution in [-0.4, -0.2) is 36.2 Å². The summed E-state index contributed by atoms with van der Waals surface area (Å²) in [6, 6.07) is 6.88. The molecule has 1 aliphatic carbocycles. The summed E-state index contributed by atoms with van der Waals surface area (Å²) in [5.41, 5.74) is 2.08. The number of rotatable bonds is 6. The fourth-order valence-electron chi connectivity index (χ4n) is 2.29. The molecule has 0 heterocycles. The Labute approximate surface area is 110 Å². The second-order valence-corrected chi connectivity index (χ2v) is 5.45. The molecule has 0 bridgehead atoms. The van der Waals surface area contributed by atoms with Crippen LogP contribution in [0.1, 0.15) is 36.9 Å². The highest BCUT2D eigenvalue weighted by atomic mass is 16.3. The fraction of sp³-hybridized carbons (Fsp3) is 0.600. The maximum atomic E-state index is 9.92. The van der Waals surface area contributed by atoms with Gasteiger partial charge in [-0.2, -0.15) is 0 Å². The lowest BCUT2D eigenvalue weighted by atomic mass is 10.1. The second-order valence-electron chi connectivity index (χ2n) is 5.45. The van der Waals surface area contributed by atoms with E-state index in [1.165, 1.54) is 12.8 Å². The Balaban J connectivity index is 1.81. The number of phenolic OH excluding ortho intramolecular Hbond substituents is 1. The van der Waals surface area contributed by atoms with Gasteiger partial charge in [-0.25, -0.2) is 0 Å². The average Bonchev–Trinajstić information content (AvgIpc) is 3.12. The van der Waals surface area contributed by atoms with Gasteiger partial charge in [-0.3, -0.25) is 0 Å². The van der Waals surface area contributed by atoms with Crippen molar-refractivity contribution >= 4 is 0 Å². The first-order valence-corrected chi connectivity index (χ1v) is 6.81. The van der Waals surface area contributed by atoms with Crippen LogP contribution < -0.4 is 5.32 Å². The van der Waals surface area contributed by atoms with E-state index in [4.69, 9.17) is 0 Å². The molecule has 0 spiro atoms. The number of hydrogen-bond acceptors (Lipinski definition) is 3. The molecule has 2 rings (SSSR count). The van der Waals surface area contributed by atoms with Gasteiger partial charge in [0.2, 0.25) is 0 Å². The Morgan fingerprint density at radius 2 is 2.17 bits per heavy atom. The lowest BCUT2D eigenvalue weighted by Crippen LogP contribution is -2.32. The van der Waals surface area contributed by atoms with Crippen molar-refractivity contribution in [3.05, 3.63) is 29.3 Å². The van der Waals surface area contributed by atoms with Gasteiger partial charge in [-0.1, -0.05) is 12.1 Å². The first-order chi connectivity index (χ1) is 8.58. The van der Waals surface area contributed by atoms with Gasteiger partial charge >= 0.3 is 0 Å². The Kier molecular flexibility index (Phi) is 4.25. The minimum atomic E-state index is 0.193. The Morgan fingerprint density at radius 3 is 2.78 bits per heavy atom. The van der Waals surface area contributed by atoms with E-state index >= 15 is 0 Å². The van der Waals surface area contributed by atoms with Crippen LogP contribution >= 0.6 is 0 Å². The molecule has 1 aromatic rings. The van der Waals surface area contributed by atoms with E-state index in [1.54, 1.807) is 0 Å². The smallest absolute Gasteiger partial charge is 0.120 e. The Morgan fingerprint density at radius 1 is 1.44 bits per heavy atom. The number of likely N-dealkylation sites (N-methyl/N-ethyl adjacent to an activating group) is 1. The molecular formula is C15H24N2O. The average molecular weight is 248 g/mol. The normalized spacial score (nSPS) is 17.1. The maximum Gasteiger partial charge on any atom is 0.120 e. The second kappa shape index (κ2) is 5.72. The standard InChI is InChI=1S/C15H24N2O/c1-11-4-7-14(15(18)10-11)12(2)16-8-9-17(3)13-5-6-13/h4,7,10,12-13,16,18H,5-6,8-9H2,1-3H3. The molecule has 3 nitrogen and oxygen atoms in total. The van der Waals surface area contributed by atoms with Crippen LogP contribution in [0.4, 0.5) is 0 Å². The van der Waals surface area contributed by atoms with E-state index < -0.39 is 0 Å². The predicted octanol–water partition coefficient (Wildman–Crippen LogP) is 2.45. The van der Waals surface area contributed by atoms with Crippen molar-refractivity contribution in [2.75, 3.05) is 20.1 Å². The lowest BCUT2D eigenvalue weighted by Gasteiger charge is -2.19. The van der Waals surface area contributed by atoms with Crippen LogP contribution in [0, 0.1) is 6.92 Å². The summed E-state index contributed by atoms with van der Waals surface area (Å²) >= 11 is 0. The van der Waals surface area contributed by atoms with Gasteiger partial charge in [0.1, 0.15) is 5.75 Å². The third-order valence-electron chi connectivity index (χ3n) is 3.74. The molecular weight excluding hydrogens is 224 g/mol. The summed E-state index contributed by atoms with van der Waals surface area (Å²) in [5, 5.41) is 13.4. The van der Waals surface area contributed by atoms with E-state index in [-0.39, 0.29) is 6.04 Å². The Hall–Kier alpha value is -1.06. The first-order valence-electron chi connectivity index (χ1n) is 6.81. The number of aromatic hydroxyl groups is 1.